The summed E-state index contributed by atoms with van der Waals surface area (Å²) in [6.07, 6.45) is 0. The van der Waals surface area contributed by atoms with E-state index in [1.807, 2.05) is 0 Å². The van der Waals surface area contributed by atoms with Crippen LogP contribution in [0.15, 0.2) is 27.7 Å². The fourth-order valence-electron chi connectivity index (χ4n) is 1.89. The number of benzene rings is 1. The Morgan fingerprint density at radius 2 is 2.10 bits per heavy atom. The van der Waals surface area contributed by atoms with Crippen molar-refractivity contribution in [1.29, 1.82) is 0 Å². The maximum Gasteiger partial charge on any atom is 0.318 e. The van der Waals surface area contributed by atoms with Gasteiger partial charge < -0.3 is 9.09 Å². The van der Waals surface area contributed by atoms with Crippen molar-refractivity contribution in [2.24, 2.45) is 12.0 Å². The van der Waals surface area contributed by atoms with E-state index in [1.165, 1.54) is 11.3 Å². The highest BCUT2D eigenvalue weighted by atomic mass is 35.5. The van der Waals surface area contributed by atoms with Crippen LogP contribution in [0.4, 0.5) is 0 Å². The highest BCUT2D eigenvalue weighted by Gasteiger charge is 2.14. The molecule has 1 amide bonds. The van der Waals surface area contributed by atoms with Crippen LogP contribution in [0.1, 0.15) is 16.2 Å². The molecule has 0 atom stereocenters. The number of halogens is 2. The van der Waals surface area contributed by atoms with Gasteiger partial charge in [0.15, 0.2) is 4.80 Å². The number of carbonyl (C=O) groups excluding carboxylic acids is 1. The Hall–Kier alpha value is -1.63. The zero-order chi connectivity index (χ0) is 15.1. The second kappa shape index (κ2) is 5.29. The standard InChI is InChI=1S/C13H9Cl2N3O2S/c1-6-5-9(20-17-6)12(19)16-13-18(2)10-7(14)3-4-8(15)11(10)21-13/h3-5H,1-2H3. The largest absolute Gasteiger partial charge is 0.351 e. The summed E-state index contributed by atoms with van der Waals surface area (Å²) in [4.78, 5) is 16.6. The van der Waals surface area contributed by atoms with Crippen LogP contribution in [0.3, 0.4) is 0 Å². The molecule has 5 nitrogen and oxygen atoms in total. The number of amides is 1. The summed E-state index contributed by atoms with van der Waals surface area (Å²) in [6.45, 7) is 1.74. The summed E-state index contributed by atoms with van der Waals surface area (Å²) in [5.74, 6) is -0.396. The Morgan fingerprint density at radius 1 is 1.38 bits per heavy atom. The number of aryl methyl sites for hydroxylation is 2. The minimum atomic E-state index is -0.495. The number of aromatic nitrogens is 2. The molecule has 0 spiro atoms. The third-order valence-corrected chi connectivity index (χ3v) is 4.78. The normalized spacial score (nSPS) is 12.3. The highest BCUT2D eigenvalue weighted by molar-refractivity contribution is 7.17. The molecule has 0 aliphatic carbocycles. The van der Waals surface area contributed by atoms with Crippen LogP contribution in [0.5, 0.6) is 0 Å². The summed E-state index contributed by atoms with van der Waals surface area (Å²) in [5, 5.41) is 4.79. The SMILES string of the molecule is Cc1cc(C(=O)N=c2sc3c(Cl)ccc(Cl)c3n2C)on1. The van der Waals surface area contributed by atoms with E-state index < -0.39 is 5.91 Å². The van der Waals surface area contributed by atoms with E-state index in [-0.39, 0.29) is 5.76 Å². The first-order valence-electron chi connectivity index (χ1n) is 5.93. The summed E-state index contributed by atoms with van der Waals surface area (Å²) in [5.41, 5.74) is 1.37. The van der Waals surface area contributed by atoms with Crippen LogP contribution in [0, 0.1) is 6.92 Å². The van der Waals surface area contributed by atoms with E-state index in [0.717, 1.165) is 10.2 Å². The smallest absolute Gasteiger partial charge is 0.318 e. The summed E-state index contributed by atoms with van der Waals surface area (Å²) >= 11 is 13.6. The summed E-state index contributed by atoms with van der Waals surface area (Å²) < 4.78 is 7.43. The molecule has 3 rings (SSSR count). The molecule has 2 aromatic heterocycles. The average molecular weight is 342 g/mol. The van der Waals surface area contributed by atoms with Crippen LogP contribution >= 0.6 is 34.5 Å². The molecule has 0 aliphatic heterocycles. The lowest BCUT2D eigenvalue weighted by Gasteiger charge is -1.99. The molecule has 0 radical (unpaired) electrons. The molecule has 2 heterocycles. The van der Waals surface area contributed by atoms with E-state index in [9.17, 15) is 4.79 Å². The van der Waals surface area contributed by atoms with Crippen LogP contribution in [-0.4, -0.2) is 15.6 Å². The molecule has 108 valence electrons. The minimum Gasteiger partial charge on any atom is -0.351 e. The number of thiazole rings is 1. The van der Waals surface area contributed by atoms with Crippen LogP contribution in [0.25, 0.3) is 10.2 Å². The first-order chi connectivity index (χ1) is 9.97. The highest BCUT2D eigenvalue weighted by Crippen LogP contribution is 2.31. The van der Waals surface area contributed by atoms with Gasteiger partial charge in [-0.25, -0.2) is 0 Å². The second-order valence-corrected chi connectivity index (χ2v) is 6.19. The van der Waals surface area contributed by atoms with Gasteiger partial charge >= 0.3 is 5.91 Å². The van der Waals surface area contributed by atoms with Crippen molar-refractivity contribution in [2.75, 3.05) is 0 Å². The Kier molecular flexibility index (Phi) is 3.61. The number of hydrogen-bond acceptors (Lipinski definition) is 4. The molecule has 1 aromatic carbocycles. The predicted molar refractivity (Wildman–Crippen MR) is 81.9 cm³/mol. The van der Waals surface area contributed by atoms with Crippen molar-refractivity contribution in [3.63, 3.8) is 0 Å². The molecule has 21 heavy (non-hydrogen) atoms. The molecular formula is C13H9Cl2N3O2S. The van der Waals surface area contributed by atoms with E-state index in [1.54, 1.807) is 36.7 Å². The number of rotatable bonds is 1. The molecule has 0 saturated carbocycles. The van der Waals surface area contributed by atoms with Gasteiger partial charge in [0.2, 0.25) is 5.76 Å². The quantitative estimate of drug-likeness (QED) is 0.679. The molecule has 8 heteroatoms. The minimum absolute atomic E-state index is 0.0992. The van der Waals surface area contributed by atoms with Gasteiger partial charge in [-0.2, -0.15) is 4.99 Å². The van der Waals surface area contributed by atoms with Gasteiger partial charge in [-0.1, -0.05) is 39.7 Å². The molecular weight excluding hydrogens is 333 g/mol. The summed E-state index contributed by atoms with van der Waals surface area (Å²) in [6, 6.07) is 4.97. The fraction of sp³-hybridized carbons (Fsp3) is 0.154. The molecule has 0 saturated heterocycles. The Balaban J connectivity index is 2.19. The van der Waals surface area contributed by atoms with Crippen molar-refractivity contribution in [3.05, 3.63) is 44.5 Å². The number of hydrogen-bond donors (Lipinski definition) is 0. The van der Waals surface area contributed by atoms with Gasteiger partial charge in [0.05, 0.1) is 26.0 Å². The van der Waals surface area contributed by atoms with Crippen molar-refractivity contribution >= 4 is 50.7 Å². The Bertz CT molecular complexity index is 923. The van der Waals surface area contributed by atoms with Crippen molar-refractivity contribution in [2.45, 2.75) is 6.92 Å². The third-order valence-electron chi connectivity index (χ3n) is 2.89. The average Bonchev–Trinajstić information content (AvgIpc) is 3.00. The zero-order valence-electron chi connectivity index (χ0n) is 11.1. The van der Waals surface area contributed by atoms with Crippen molar-refractivity contribution < 1.29 is 9.32 Å². The summed E-state index contributed by atoms with van der Waals surface area (Å²) in [7, 11) is 1.78. The van der Waals surface area contributed by atoms with Gasteiger partial charge in [-0.05, 0) is 19.1 Å². The predicted octanol–water partition coefficient (Wildman–Crippen LogP) is 3.58. The second-order valence-electron chi connectivity index (χ2n) is 4.40. The molecule has 0 aliphatic rings. The maximum atomic E-state index is 12.1. The van der Waals surface area contributed by atoms with E-state index >= 15 is 0 Å². The van der Waals surface area contributed by atoms with E-state index in [2.05, 4.69) is 10.1 Å². The van der Waals surface area contributed by atoms with Gasteiger partial charge in [0.1, 0.15) is 0 Å². The maximum absolute atomic E-state index is 12.1. The van der Waals surface area contributed by atoms with E-state index in [0.29, 0.717) is 20.5 Å². The topological polar surface area (TPSA) is 60.4 Å². The van der Waals surface area contributed by atoms with Crippen LogP contribution in [0.2, 0.25) is 10.0 Å². The van der Waals surface area contributed by atoms with Crippen LogP contribution < -0.4 is 4.80 Å². The van der Waals surface area contributed by atoms with Gasteiger partial charge in [-0.3, -0.25) is 4.79 Å². The van der Waals surface area contributed by atoms with Gasteiger partial charge in [0, 0.05) is 13.1 Å². The first-order valence-corrected chi connectivity index (χ1v) is 7.50. The van der Waals surface area contributed by atoms with Crippen molar-refractivity contribution in [3.8, 4) is 0 Å². The lowest BCUT2D eigenvalue weighted by Crippen LogP contribution is -2.13. The number of carbonyl (C=O) groups is 1. The number of nitrogens with zero attached hydrogens (tertiary/aromatic N) is 3. The Labute approximate surface area is 133 Å². The first kappa shape index (κ1) is 14.3. The van der Waals surface area contributed by atoms with Crippen molar-refractivity contribution in [1.82, 2.24) is 9.72 Å². The Morgan fingerprint density at radius 3 is 2.71 bits per heavy atom. The molecule has 0 unspecified atom stereocenters. The molecule has 0 bridgehead atoms. The molecule has 0 fully saturated rings. The number of fused-ring (bicyclic) bond motifs is 1. The lowest BCUT2D eigenvalue weighted by atomic mass is 10.3. The zero-order valence-corrected chi connectivity index (χ0v) is 13.4. The monoisotopic (exact) mass is 341 g/mol. The van der Waals surface area contributed by atoms with Crippen LogP contribution in [-0.2, 0) is 7.05 Å². The lowest BCUT2D eigenvalue weighted by molar-refractivity contribution is 0.0962. The van der Waals surface area contributed by atoms with E-state index in [4.69, 9.17) is 27.7 Å². The van der Waals surface area contributed by atoms with Gasteiger partial charge in [0.25, 0.3) is 0 Å². The van der Waals surface area contributed by atoms with Gasteiger partial charge in [-0.15, -0.1) is 0 Å². The third kappa shape index (κ3) is 2.50. The molecule has 3 aromatic rings. The molecule has 0 N–H and O–H groups in total. The fourth-order valence-corrected chi connectivity index (χ4v) is 3.55.